The molecule has 0 radical (unpaired) electrons. The van der Waals surface area contributed by atoms with E-state index in [1.165, 1.54) is 24.3 Å². The van der Waals surface area contributed by atoms with Crippen LogP contribution in [0.25, 0.3) is 0 Å². The van der Waals surface area contributed by atoms with Crippen LogP contribution in [0.4, 0.5) is 13.2 Å². The first-order valence-electron chi connectivity index (χ1n) is 3.89. The van der Waals surface area contributed by atoms with Crippen molar-refractivity contribution in [3.63, 3.8) is 0 Å². The molecule has 0 bridgehead atoms. The Kier molecular flexibility index (Phi) is 3.39. The smallest absolute Gasteiger partial charge is 0.395 e. The second-order valence-corrected chi connectivity index (χ2v) is 3.21. The Morgan fingerprint density at radius 2 is 1.86 bits per heavy atom. The van der Waals surface area contributed by atoms with Gasteiger partial charge in [-0.2, -0.15) is 13.2 Å². The molecule has 0 amide bonds. The van der Waals surface area contributed by atoms with Crippen molar-refractivity contribution in [2.24, 2.45) is 0 Å². The van der Waals surface area contributed by atoms with E-state index in [0.717, 1.165) is 0 Å². The van der Waals surface area contributed by atoms with E-state index in [2.05, 4.69) is 0 Å². The Morgan fingerprint density at radius 3 is 2.29 bits per heavy atom. The lowest BCUT2D eigenvalue weighted by molar-refractivity contribution is -0.158. The Balaban J connectivity index is 3.08. The van der Waals surface area contributed by atoms with Crippen LogP contribution in [0.3, 0.4) is 0 Å². The Labute approximate surface area is 84.1 Å². The van der Waals surface area contributed by atoms with Crippen LogP contribution < -0.4 is 0 Å². The van der Waals surface area contributed by atoms with Crippen LogP contribution in [0.15, 0.2) is 24.3 Å². The summed E-state index contributed by atoms with van der Waals surface area (Å²) in [5.41, 5.74) is -0.0934. The maximum atomic E-state index is 12.4. The highest BCUT2D eigenvalue weighted by atomic mass is 35.5. The van der Waals surface area contributed by atoms with E-state index in [4.69, 9.17) is 16.7 Å². The number of hydrogen-bond donors (Lipinski definition) is 1. The quantitative estimate of drug-likeness (QED) is 0.819. The van der Waals surface area contributed by atoms with E-state index >= 15 is 0 Å². The number of hydrogen-bond acceptors (Lipinski definition) is 1. The van der Waals surface area contributed by atoms with Crippen LogP contribution in [0.1, 0.15) is 11.5 Å². The van der Waals surface area contributed by atoms with Crippen molar-refractivity contribution in [3.8, 4) is 0 Å². The molecule has 1 N–H and O–H groups in total. The van der Waals surface area contributed by atoms with E-state index in [0.29, 0.717) is 0 Å². The van der Waals surface area contributed by atoms with Gasteiger partial charge < -0.3 is 5.11 Å². The van der Waals surface area contributed by atoms with Gasteiger partial charge in [-0.1, -0.05) is 29.8 Å². The molecule has 14 heavy (non-hydrogen) atoms. The van der Waals surface area contributed by atoms with Crippen LogP contribution in [0.2, 0.25) is 5.02 Å². The first kappa shape index (κ1) is 11.3. The molecule has 0 aliphatic heterocycles. The van der Waals surface area contributed by atoms with Crippen molar-refractivity contribution < 1.29 is 18.3 Å². The summed E-state index contributed by atoms with van der Waals surface area (Å²) in [6, 6.07) is 5.62. The molecule has 1 rings (SSSR count). The van der Waals surface area contributed by atoms with Gasteiger partial charge in [-0.15, -0.1) is 0 Å². The number of rotatable bonds is 2. The molecular formula is C9H8ClF3O. The molecule has 1 unspecified atom stereocenters. The molecule has 0 aliphatic rings. The van der Waals surface area contributed by atoms with Gasteiger partial charge in [0.05, 0.1) is 6.61 Å². The molecule has 0 spiro atoms. The van der Waals surface area contributed by atoms with Gasteiger partial charge in [0, 0.05) is 5.02 Å². The summed E-state index contributed by atoms with van der Waals surface area (Å²) >= 11 is 5.59. The highest BCUT2D eigenvalue weighted by Gasteiger charge is 2.41. The van der Waals surface area contributed by atoms with Gasteiger partial charge in [-0.3, -0.25) is 0 Å². The Bertz CT molecular complexity index is 311. The normalized spacial score (nSPS) is 14.1. The first-order valence-corrected chi connectivity index (χ1v) is 4.26. The van der Waals surface area contributed by atoms with E-state index in [-0.39, 0.29) is 10.6 Å². The molecule has 0 fully saturated rings. The zero-order valence-corrected chi connectivity index (χ0v) is 7.81. The second kappa shape index (κ2) is 4.19. The summed E-state index contributed by atoms with van der Waals surface area (Å²) in [5.74, 6) is -1.91. The maximum Gasteiger partial charge on any atom is 0.397 e. The van der Waals surface area contributed by atoms with E-state index in [9.17, 15) is 13.2 Å². The van der Waals surface area contributed by atoms with Crippen molar-refractivity contribution in [3.05, 3.63) is 34.9 Å². The summed E-state index contributed by atoms with van der Waals surface area (Å²) in [6.45, 7) is -0.993. The molecule has 1 aromatic carbocycles. The molecular weight excluding hydrogens is 217 g/mol. The first-order chi connectivity index (χ1) is 6.46. The molecule has 0 saturated carbocycles. The molecule has 0 saturated heterocycles. The predicted octanol–water partition coefficient (Wildman–Crippen LogP) is 2.98. The van der Waals surface area contributed by atoms with Crippen LogP contribution in [0, 0.1) is 0 Å². The van der Waals surface area contributed by atoms with Crippen molar-refractivity contribution in [2.45, 2.75) is 12.1 Å². The summed E-state index contributed by atoms with van der Waals surface area (Å²) < 4.78 is 37.1. The highest BCUT2D eigenvalue weighted by Crippen LogP contribution is 2.37. The van der Waals surface area contributed by atoms with E-state index in [1.54, 1.807) is 0 Å². The summed E-state index contributed by atoms with van der Waals surface area (Å²) in [6.07, 6.45) is -4.47. The molecule has 1 atom stereocenters. The molecule has 78 valence electrons. The highest BCUT2D eigenvalue weighted by molar-refractivity contribution is 6.31. The minimum Gasteiger partial charge on any atom is -0.395 e. The minimum absolute atomic E-state index is 0.0175. The van der Waals surface area contributed by atoms with Crippen molar-refractivity contribution in [1.29, 1.82) is 0 Å². The third-order valence-electron chi connectivity index (χ3n) is 1.86. The van der Waals surface area contributed by atoms with E-state index in [1.807, 2.05) is 0 Å². The third-order valence-corrected chi connectivity index (χ3v) is 2.20. The van der Waals surface area contributed by atoms with Crippen LogP contribution in [-0.4, -0.2) is 17.9 Å². The van der Waals surface area contributed by atoms with Crippen molar-refractivity contribution in [1.82, 2.24) is 0 Å². The number of aliphatic hydroxyl groups excluding tert-OH is 1. The molecule has 0 aromatic heterocycles. The average Bonchev–Trinajstić information content (AvgIpc) is 2.07. The fraction of sp³-hybridized carbons (Fsp3) is 0.333. The zero-order valence-electron chi connectivity index (χ0n) is 7.05. The molecule has 0 aliphatic carbocycles. The van der Waals surface area contributed by atoms with Crippen molar-refractivity contribution >= 4 is 11.6 Å². The minimum atomic E-state index is -4.47. The second-order valence-electron chi connectivity index (χ2n) is 2.80. The third kappa shape index (κ3) is 2.39. The SMILES string of the molecule is OCC(c1ccccc1Cl)C(F)(F)F. The summed E-state index contributed by atoms with van der Waals surface area (Å²) in [4.78, 5) is 0. The molecule has 1 aromatic rings. The predicted molar refractivity (Wildman–Crippen MR) is 47.3 cm³/mol. The summed E-state index contributed by atoms with van der Waals surface area (Å²) in [5, 5.41) is 8.68. The van der Waals surface area contributed by atoms with Gasteiger partial charge in [0.2, 0.25) is 0 Å². The Hall–Kier alpha value is -0.740. The van der Waals surface area contributed by atoms with Crippen molar-refractivity contribution in [2.75, 3.05) is 6.61 Å². The average molecular weight is 225 g/mol. The number of halogens is 4. The lowest BCUT2D eigenvalue weighted by atomic mass is 9.99. The Morgan fingerprint density at radius 1 is 1.29 bits per heavy atom. The fourth-order valence-corrected chi connectivity index (χ4v) is 1.40. The van der Waals surface area contributed by atoms with Gasteiger partial charge >= 0.3 is 6.18 Å². The monoisotopic (exact) mass is 224 g/mol. The van der Waals surface area contributed by atoms with Gasteiger partial charge in [0.15, 0.2) is 0 Å². The van der Waals surface area contributed by atoms with Gasteiger partial charge in [0.25, 0.3) is 0 Å². The topological polar surface area (TPSA) is 20.2 Å². The largest absolute Gasteiger partial charge is 0.397 e. The molecule has 5 heteroatoms. The van der Waals surface area contributed by atoms with Gasteiger partial charge in [-0.25, -0.2) is 0 Å². The fourth-order valence-electron chi connectivity index (χ4n) is 1.14. The standard InChI is InChI=1S/C9H8ClF3O/c10-8-4-2-1-3-6(8)7(5-14)9(11,12)13/h1-4,7,14H,5H2. The molecule has 0 heterocycles. The van der Waals surface area contributed by atoms with Crippen LogP contribution in [-0.2, 0) is 0 Å². The summed E-state index contributed by atoms with van der Waals surface area (Å²) in [7, 11) is 0. The zero-order chi connectivity index (χ0) is 10.8. The maximum absolute atomic E-state index is 12.4. The van der Waals surface area contributed by atoms with Gasteiger partial charge in [-0.05, 0) is 11.6 Å². The number of benzene rings is 1. The van der Waals surface area contributed by atoms with Crippen LogP contribution in [0.5, 0.6) is 0 Å². The lowest BCUT2D eigenvalue weighted by Crippen LogP contribution is -2.24. The molecule has 1 nitrogen and oxygen atoms in total. The van der Waals surface area contributed by atoms with Gasteiger partial charge in [0.1, 0.15) is 5.92 Å². The number of alkyl halides is 3. The van der Waals surface area contributed by atoms with E-state index < -0.39 is 18.7 Å². The van der Waals surface area contributed by atoms with Crippen LogP contribution >= 0.6 is 11.6 Å². The number of aliphatic hydroxyl groups is 1. The lowest BCUT2D eigenvalue weighted by Gasteiger charge is -2.19.